The molecular weight excluding hydrogens is 665 g/mol. The summed E-state index contributed by atoms with van der Waals surface area (Å²) in [4.78, 5) is 35.5. The first-order valence-electron chi connectivity index (χ1n) is 17.3. The van der Waals surface area contributed by atoms with Crippen molar-refractivity contribution in [3.63, 3.8) is 0 Å². The van der Waals surface area contributed by atoms with E-state index < -0.39 is 10.8 Å². The van der Waals surface area contributed by atoms with Crippen LogP contribution in [-0.2, 0) is 21.6 Å². The number of amides is 2. The lowest BCUT2D eigenvalue weighted by atomic mass is 9.75. The van der Waals surface area contributed by atoms with Gasteiger partial charge in [-0.15, -0.1) is 0 Å². The topological polar surface area (TPSA) is 68.2 Å². The maximum atomic E-state index is 14.4. The molecule has 0 N–H and O–H groups in total. The zero-order chi connectivity index (χ0) is 35.8. The summed E-state index contributed by atoms with van der Waals surface area (Å²) in [5.41, 5.74) is 6.40. The number of oxime groups is 1. The Morgan fingerprint density at radius 2 is 1.19 bits per heavy atom. The van der Waals surface area contributed by atoms with Crippen LogP contribution in [0.2, 0.25) is 0 Å². The van der Waals surface area contributed by atoms with Crippen molar-refractivity contribution >= 4 is 28.6 Å². The first-order chi connectivity index (χ1) is 25.5. The largest absolute Gasteiger partial charge is 0.490 e. The number of imide groups is 1. The van der Waals surface area contributed by atoms with Crippen LogP contribution in [0.3, 0.4) is 0 Å². The van der Waals surface area contributed by atoms with Crippen LogP contribution in [0.1, 0.15) is 34.7 Å². The van der Waals surface area contributed by atoms with Crippen LogP contribution in [0.25, 0.3) is 11.1 Å². The number of thioether (sulfide) groups is 1. The van der Waals surface area contributed by atoms with E-state index in [9.17, 15) is 9.59 Å². The number of rotatable bonds is 13. The Labute approximate surface area is 308 Å². The molecule has 6 nitrogen and oxygen atoms in total. The van der Waals surface area contributed by atoms with E-state index in [0.29, 0.717) is 18.8 Å². The van der Waals surface area contributed by atoms with Gasteiger partial charge in [0.15, 0.2) is 6.61 Å². The molecule has 7 rings (SSSR count). The number of hydrogen-bond donors (Lipinski definition) is 0. The highest BCUT2D eigenvalue weighted by Crippen LogP contribution is 2.47. The van der Waals surface area contributed by atoms with E-state index in [1.54, 1.807) is 0 Å². The molecule has 1 aliphatic rings. The SMILES string of the molecule is C/C(=N/OCCOc1ccc(CC2SC(=O)N(C(c3ccccc3)(c3ccccc3)c3ccccc3)C2=O)cc1)c1cccc(-c2ccccc2)c1. The molecule has 6 aromatic rings. The molecule has 0 saturated carbocycles. The van der Waals surface area contributed by atoms with E-state index in [4.69, 9.17) is 9.57 Å². The summed E-state index contributed by atoms with van der Waals surface area (Å²) in [6.07, 6.45) is 0.406. The number of benzene rings is 6. The lowest BCUT2D eigenvalue weighted by Gasteiger charge is -2.42. The molecule has 0 aromatic heterocycles. The number of hydrogen-bond acceptors (Lipinski definition) is 6. The maximum absolute atomic E-state index is 14.4. The van der Waals surface area contributed by atoms with Crippen LogP contribution >= 0.6 is 11.8 Å². The average Bonchev–Trinajstić information content (AvgIpc) is 3.48. The third-order valence-electron chi connectivity index (χ3n) is 9.21. The van der Waals surface area contributed by atoms with Gasteiger partial charge in [0.25, 0.3) is 5.24 Å². The molecule has 1 fully saturated rings. The summed E-state index contributed by atoms with van der Waals surface area (Å²) in [6.45, 7) is 2.53. The minimum atomic E-state index is -1.13. The molecule has 258 valence electrons. The summed E-state index contributed by atoms with van der Waals surface area (Å²) in [6, 6.07) is 55.5. The van der Waals surface area contributed by atoms with Gasteiger partial charge in [-0.25, -0.2) is 0 Å². The number of carbonyl (C=O) groups excluding carboxylic acids is 2. The van der Waals surface area contributed by atoms with E-state index in [0.717, 1.165) is 56.4 Å². The Hall–Kier alpha value is -5.92. The Morgan fingerprint density at radius 1 is 0.654 bits per heavy atom. The molecule has 0 spiro atoms. The molecule has 0 bridgehead atoms. The second kappa shape index (κ2) is 16.0. The van der Waals surface area contributed by atoms with Crippen LogP contribution in [0.5, 0.6) is 5.75 Å². The lowest BCUT2D eigenvalue weighted by molar-refractivity contribution is -0.129. The van der Waals surface area contributed by atoms with E-state index in [1.807, 2.05) is 153 Å². The normalized spacial score (nSPS) is 14.8. The van der Waals surface area contributed by atoms with E-state index in [-0.39, 0.29) is 17.8 Å². The molecule has 1 saturated heterocycles. The first kappa shape index (κ1) is 34.5. The van der Waals surface area contributed by atoms with Gasteiger partial charge in [0.2, 0.25) is 5.91 Å². The van der Waals surface area contributed by atoms with E-state index in [1.165, 1.54) is 4.90 Å². The molecule has 6 aromatic carbocycles. The highest BCUT2D eigenvalue weighted by atomic mass is 32.2. The van der Waals surface area contributed by atoms with Crippen molar-refractivity contribution in [3.8, 4) is 16.9 Å². The van der Waals surface area contributed by atoms with Crippen LogP contribution in [0, 0.1) is 0 Å². The van der Waals surface area contributed by atoms with E-state index >= 15 is 0 Å². The van der Waals surface area contributed by atoms with Gasteiger partial charge in [-0.3, -0.25) is 14.5 Å². The van der Waals surface area contributed by atoms with Gasteiger partial charge >= 0.3 is 0 Å². The summed E-state index contributed by atoms with van der Waals surface area (Å²) in [7, 11) is 0. The maximum Gasteiger partial charge on any atom is 0.290 e. The fourth-order valence-corrected chi connectivity index (χ4v) is 7.76. The molecule has 1 aliphatic heterocycles. The van der Waals surface area contributed by atoms with Crippen molar-refractivity contribution in [2.45, 2.75) is 24.1 Å². The molecule has 1 atom stereocenters. The predicted molar refractivity (Wildman–Crippen MR) is 209 cm³/mol. The summed E-state index contributed by atoms with van der Waals surface area (Å²) < 4.78 is 5.91. The average molecular weight is 703 g/mol. The zero-order valence-corrected chi connectivity index (χ0v) is 29.6. The molecule has 1 unspecified atom stereocenters. The highest BCUT2D eigenvalue weighted by Gasteiger charge is 2.53. The van der Waals surface area contributed by atoms with Gasteiger partial charge in [-0.1, -0.05) is 169 Å². The number of ether oxygens (including phenoxy) is 1. The molecule has 0 radical (unpaired) electrons. The third kappa shape index (κ3) is 7.27. The Bertz CT molecular complexity index is 2040. The predicted octanol–water partition coefficient (Wildman–Crippen LogP) is 9.77. The zero-order valence-electron chi connectivity index (χ0n) is 28.8. The number of nitrogens with zero attached hydrogens (tertiary/aromatic N) is 2. The summed E-state index contributed by atoms with van der Waals surface area (Å²) >= 11 is 1.09. The smallest absolute Gasteiger partial charge is 0.290 e. The first-order valence-corrected chi connectivity index (χ1v) is 18.2. The fraction of sp³-hybridized carbons (Fsp3) is 0.133. The van der Waals surface area contributed by atoms with Crippen molar-refractivity contribution in [3.05, 3.63) is 198 Å². The second-order valence-electron chi connectivity index (χ2n) is 12.5. The van der Waals surface area contributed by atoms with Crippen molar-refractivity contribution in [2.24, 2.45) is 5.16 Å². The second-order valence-corrected chi connectivity index (χ2v) is 13.7. The van der Waals surface area contributed by atoms with Crippen LogP contribution in [0.15, 0.2) is 175 Å². The van der Waals surface area contributed by atoms with Gasteiger partial charge in [0.05, 0.1) is 11.0 Å². The molecule has 52 heavy (non-hydrogen) atoms. The molecule has 2 amide bonds. The number of carbonyl (C=O) groups is 2. The quantitative estimate of drug-likeness (QED) is 0.0519. The fourth-order valence-electron chi connectivity index (χ4n) is 6.70. The van der Waals surface area contributed by atoms with Gasteiger partial charge in [-0.05, 0) is 70.5 Å². The monoisotopic (exact) mass is 702 g/mol. The van der Waals surface area contributed by atoms with Gasteiger partial charge < -0.3 is 9.57 Å². The van der Waals surface area contributed by atoms with Gasteiger partial charge in [-0.2, -0.15) is 0 Å². The van der Waals surface area contributed by atoms with Crippen LogP contribution in [0.4, 0.5) is 4.79 Å². The van der Waals surface area contributed by atoms with Crippen molar-refractivity contribution < 1.29 is 19.2 Å². The standard InChI is InChI=1S/C45H38N2O4S/c1-33(36-17-14-18-37(32-36)35-15-6-2-7-16-35)46-51-30-29-50-41-27-25-34(26-28-41)31-42-43(48)47(44(49)52-42)45(38-19-8-3-9-20-38,39-21-10-4-11-22-39)40-23-12-5-13-24-40/h2-28,32,42H,29-31H2,1H3/b46-33-. The molecule has 7 heteroatoms. The molecular formula is C45H38N2O4S. The summed E-state index contributed by atoms with van der Waals surface area (Å²) in [5.74, 6) is 0.467. The lowest BCUT2D eigenvalue weighted by Crippen LogP contribution is -2.51. The van der Waals surface area contributed by atoms with Gasteiger partial charge in [0, 0.05) is 0 Å². The van der Waals surface area contributed by atoms with Crippen molar-refractivity contribution in [2.75, 3.05) is 13.2 Å². The van der Waals surface area contributed by atoms with Crippen LogP contribution in [-0.4, -0.2) is 40.2 Å². The van der Waals surface area contributed by atoms with Crippen molar-refractivity contribution in [1.82, 2.24) is 4.90 Å². The van der Waals surface area contributed by atoms with Crippen LogP contribution < -0.4 is 4.74 Å². The molecule has 0 aliphatic carbocycles. The third-order valence-corrected chi connectivity index (χ3v) is 10.2. The van der Waals surface area contributed by atoms with Gasteiger partial charge in [0.1, 0.15) is 17.9 Å². The highest BCUT2D eigenvalue weighted by molar-refractivity contribution is 8.15. The summed E-state index contributed by atoms with van der Waals surface area (Å²) in [5, 5.41) is 3.46. The Balaban J connectivity index is 1.00. The van der Waals surface area contributed by atoms with E-state index in [2.05, 4.69) is 29.4 Å². The Morgan fingerprint density at radius 3 is 1.77 bits per heavy atom. The minimum Gasteiger partial charge on any atom is -0.490 e. The Kier molecular flexibility index (Phi) is 10.6. The van der Waals surface area contributed by atoms with Crippen molar-refractivity contribution in [1.29, 1.82) is 0 Å². The minimum absolute atomic E-state index is 0.216. The molecule has 1 heterocycles.